The quantitative estimate of drug-likeness (QED) is 0.580. The summed E-state index contributed by atoms with van der Waals surface area (Å²) in [4.78, 5) is 15.1. The smallest absolute Gasteiger partial charge is 0.261 e. The summed E-state index contributed by atoms with van der Waals surface area (Å²) >= 11 is 0. The molecule has 3 aromatic rings. The van der Waals surface area contributed by atoms with Crippen molar-refractivity contribution in [1.29, 1.82) is 5.26 Å². The molecule has 33 heavy (non-hydrogen) atoms. The summed E-state index contributed by atoms with van der Waals surface area (Å²) in [5.74, 6) is 0.0418. The normalized spacial score (nSPS) is 13.5. The van der Waals surface area contributed by atoms with Gasteiger partial charge in [-0.25, -0.2) is 8.42 Å². The minimum Gasteiger partial charge on any atom is -0.312 e. The highest BCUT2D eigenvalue weighted by Crippen LogP contribution is 2.30. The summed E-state index contributed by atoms with van der Waals surface area (Å²) in [6.45, 7) is 0.647. The lowest BCUT2D eigenvalue weighted by molar-refractivity contribution is -0.118. The monoisotopic (exact) mass is 459 g/mol. The number of benzene rings is 3. The molecule has 6 nitrogen and oxygen atoms in total. The first-order valence-corrected chi connectivity index (χ1v) is 12.4. The van der Waals surface area contributed by atoms with E-state index in [9.17, 15) is 13.2 Å². The van der Waals surface area contributed by atoms with Crippen LogP contribution in [0, 0.1) is 11.3 Å². The number of rotatable bonds is 6. The Balaban J connectivity index is 1.50. The minimum absolute atomic E-state index is 0.0418. The van der Waals surface area contributed by atoms with Gasteiger partial charge in [-0.2, -0.15) is 5.26 Å². The molecule has 1 aliphatic heterocycles. The summed E-state index contributed by atoms with van der Waals surface area (Å²) in [7, 11) is -3.67. The number of sulfonamides is 1. The lowest BCUT2D eigenvalue weighted by Crippen LogP contribution is -2.32. The molecule has 168 valence electrons. The molecule has 0 aliphatic carbocycles. The molecular formula is C26H25N3O3S. The highest BCUT2D eigenvalue weighted by Gasteiger charge is 2.22. The number of nitrogens with one attached hydrogen (secondary N) is 1. The Kier molecular flexibility index (Phi) is 6.76. The second kappa shape index (κ2) is 9.88. The van der Waals surface area contributed by atoms with Crippen molar-refractivity contribution in [2.24, 2.45) is 0 Å². The number of hydrogen-bond acceptors (Lipinski definition) is 4. The van der Waals surface area contributed by atoms with Crippen molar-refractivity contribution in [3.05, 3.63) is 89.5 Å². The van der Waals surface area contributed by atoms with Crippen LogP contribution in [-0.2, 0) is 27.7 Å². The van der Waals surface area contributed by atoms with Gasteiger partial charge in [0.15, 0.2) is 0 Å². The Labute approximate surface area is 194 Å². The third-order valence-electron chi connectivity index (χ3n) is 5.77. The van der Waals surface area contributed by atoms with E-state index in [4.69, 9.17) is 5.26 Å². The second-order valence-corrected chi connectivity index (χ2v) is 9.76. The predicted octanol–water partition coefficient (Wildman–Crippen LogP) is 4.66. The number of amides is 1. The fourth-order valence-electron chi connectivity index (χ4n) is 4.02. The van der Waals surface area contributed by atoms with Crippen LogP contribution in [0.4, 0.5) is 11.4 Å². The van der Waals surface area contributed by atoms with Crippen LogP contribution in [0.3, 0.4) is 0 Å². The zero-order valence-corrected chi connectivity index (χ0v) is 19.0. The largest absolute Gasteiger partial charge is 0.312 e. The van der Waals surface area contributed by atoms with Crippen LogP contribution in [0.5, 0.6) is 0 Å². The van der Waals surface area contributed by atoms with Crippen LogP contribution >= 0.6 is 0 Å². The molecule has 1 heterocycles. The van der Waals surface area contributed by atoms with Gasteiger partial charge in [-0.3, -0.25) is 9.52 Å². The third kappa shape index (κ3) is 5.41. The van der Waals surface area contributed by atoms with Crippen LogP contribution < -0.4 is 9.62 Å². The van der Waals surface area contributed by atoms with Gasteiger partial charge in [-0.1, -0.05) is 30.3 Å². The van der Waals surface area contributed by atoms with E-state index in [1.54, 1.807) is 48.5 Å². The second-order valence-electron chi connectivity index (χ2n) is 8.07. The summed E-state index contributed by atoms with van der Waals surface area (Å²) in [6.07, 6.45) is 3.58. The van der Waals surface area contributed by atoms with Crippen LogP contribution in [0.2, 0.25) is 0 Å². The van der Waals surface area contributed by atoms with Gasteiger partial charge in [-0.05, 0) is 79.3 Å². The molecule has 0 spiro atoms. The zero-order chi connectivity index (χ0) is 23.3. The fourth-order valence-corrected chi connectivity index (χ4v) is 5.09. The van der Waals surface area contributed by atoms with Crippen LogP contribution in [0.15, 0.2) is 77.7 Å². The Morgan fingerprint density at radius 1 is 1.00 bits per heavy atom. The molecule has 1 N–H and O–H groups in total. The van der Waals surface area contributed by atoms with Crippen molar-refractivity contribution in [2.75, 3.05) is 16.2 Å². The molecule has 3 aromatic carbocycles. The van der Waals surface area contributed by atoms with E-state index >= 15 is 0 Å². The molecule has 0 fully saturated rings. The number of carbonyl (C=O) groups excluding carboxylic acids is 1. The van der Waals surface area contributed by atoms with Crippen molar-refractivity contribution >= 4 is 27.3 Å². The third-order valence-corrected chi connectivity index (χ3v) is 7.16. The molecule has 7 heteroatoms. The van der Waals surface area contributed by atoms with Crippen molar-refractivity contribution in [3.63, 3.8) is 0 Å². The molecule has 1 aliphatic rings. The van der Waals surface area contributed by atoms with Crippen LogP contribution in [0.25, 0.3) is 0 Å². The Hall–Kier alpha value is -3.63. The fraction of sp³-hybridized carbons (Fsp3) is 0.231. The lowest BCUT2D eigenvalue weighted by atomic mass is 10.1. The molecule has 0 atom stereocenters. The molecule has 4 rings (SSSR count). The van der Waals surface area contributed by atoms with Crippen molar-refractivity contribution in [1.82, 2.24) is 0 Å². The molecule has 1 amide bonds. The van der Waals surface area contributed by atoms with Gasteiger partial charge in [-0.15, -0.1) is 0 Å². The van der Waals surface area contributed by atoms with Gasteiger partial charge in [0.1, 0.15) is 0 Å². The van der Waals surface area contributed by atoms with Gasteiger partial charge in [0.25, 0.3) is 10.0 Å². The summed E-state index contributed by atoms with van der Waals surface area (Å²) in [6, 6.07) is 23.0. The summed E-state index contributed by atoms with van der Waals surface area (Å²) < 4.78 is 28.0. The maximum Gasteiger partial charge on any atom is 0.261 e. The molecule has 0 saturated heterocycles. The summed E-state index contributed by atoms with van der Waals surface area (Å²) in [5.41, 5.74) is 3.92. The topological polar surface area (TPSA) is 90.3 Å². The standard InChI is InChI=1S/C26H25N3O3S/c27-19-21-11-9-20(10-12-21)13-16-26(30)29-17-5-4-6-22-18-23(14-15-25(22)29)28-33(31,32)24-7-2-1-3-8-24/h1-3,7-12,14-15,18,28H,4-6,13,16-17H2. The Bertz CT molecular complexity index is 1280. The maximum atomic E-state index is 13.1. The molecule has 0 saturated carbocycles. The van der Waals surface area contributed by atoms with Gasteiger partial charge in [0.05, 0.1) is 16.5 Å². The number of hydrogen-bond donors (Lipinski definition) is 1. The minimum atomic E-state index is -3.67. The van der Waals surface area contributed by atoms with E-state index in [2.05, 4.69) is 10.8 Å². The molecule has 0 radical (unpaired) electrons. The van der Waals surface area contributed by atoms with Crippen LogP contribution in [0.1, 0.15) is 36.0 Å². The van der Waals surface area contributed by atoms with Gasteiger partial charge >= 0.3 is 0 Å². The van der Waals surface area contributed by atoms with Gasteiger partial charge < -0.3 is 4.90 Å². The zero-order valence-electron chi connectivity index (χ0n) is 18.2. The molecule has 0 unspecified atom stereocenters. The number of carbonyl (C=O) groups is 1. The van der Waals surface area contributed by atoms with E-state index in [1.807, 2.05) is 29.2 Å². The number of fused-ring (bicyclic) bond motifs is 1. The average Bonchev–Trinajstić information content (AvgIpc) is 3.05. The molecule has 0 aromatic heterocycles. The summed E-state index contributed by atoms with van der Waals surface area (Å²) in [5, 5.41) is 8.93. The van der Waals surface area contributed by atoms with E-state index < -0.39 is 10.0 Å². The number of nitriles is 1. The Morgan fingerprint density at radius 2 is 1.76 bits per heavy atom. The van der Waals surface area contributed by atoms with E-state index in [0.29, 0.717) is 30.6 Å². The highest BCUT2D eigenvalue weighted by atomic mass is 32.2. The first kappa shape index (κ1) is 22.6. The van der Waals surface area contributed by atoms with E-state index in [1.165, 1.54) is 0 Å². The number of anilines is 2. The van der Waals surface area contributed by atoms with Gasteiger partial charge in [0, 0.05) is 24.3 Å². The van der Waals surface area contributed by atoms with Gasteiger partial charge in [0.2, 0.25) is 5.91 Å². The molecular weight excluding hydrogens is 434 g/mol. The lowest BCUT2D eigenvalue weighted by Gasteiger charge is -2.23. The number of nitrogens with zero attached hydrogens (tertiary/aromatic N) is 2. The number of aryl methyl sites for hydroxylation is 2. The average molecular weight is 460 g/mol. The first-order valence-electron chi connectivity index (χ1n) is 11.0. The SMILES string of the molecule is N#Cc1ccc(CCC(=O)N2CCCCc3cc(NS(=O)(=O)c4ccccc4)ccc32)cc1. The maximum absolute atomic E-state index is 13.1. The predicted molar refractivity (Wildman–Crippen MR) is 128 cm³/mol. The van der Waals surface area contributed by atoms with Crippen molar-refractivity contribution < 1.29 is 13.2 Å². The Morgan fingerprint density at radius 3 is 2.48 bits per heavy atom. The van der Waals surface area contributed by atoms with E-state index in [-0.39, 0.29) is 10.8 Å². The van der Waals surface area contributed by atoms with Crippen molar-refractivity contribution in [2.45, 2.75) is 37.0 Å². The highest BCUT2D eigenvalue weighted by molar-refractivity contribution is 7.92. The first-order chi connectivity index (χ1) is 16.0. The van der Waals surface area contributed by atoms with E-state index in [0.717, 1.165) is 36.1 Å². The van der Waals surface area contributed by atoms with Crippen molar-refractivity contribution in [3.8, 4) is 6.07 Å². The molecule has 0 bridgehead atoms. The van der Waals surface area contributed by atoms with Crippen LogP contribution in [-0.4, -0.2) is 20.9 Å².